The molecular weight excluding hydrogens is 474 g/mol. The third-order valence-corrected chi connectivity index (χ3v) is 6.16. The number of anilines is 2. The molecule has 3 aromatic heterocycles. The maximum Gasteiger partial charge on any atom is 0.227 e. The molecule has 0 aliphatic rings. The fourth-order valence-electron chi connectivity index (χ4n) is 4.31. The molecular formula is C31H25N5O2. The van der Waals surface area contributed by atoms with Crippen molar-refractivity contribution in [1.29, 1.82) is 0 Å². The van der Waals surface area contributed by atoms with Gasteiger partial charge in [-0.05, 0) is 60.2 Å². The summed E-state index contributed by atoms with van der Waals surface area (Å²) in [7, 11) is 1.64. The lowest BCUT2D eigenvalue weighted by atomic mass is 10.1. The van der Waals surface area contributed by atoms with Gasteiger partial charge in [0.2, 0.25) is 5.95 Å². The lowest BCUT2D eigenvalue weighted by Crippen LogP contribution is -2.01. The van der Waals surface area contributed by atoms with Gasteiger partial charge in [0.05, 0.1) is 29.9 Å². The Kier molecular flexibility index (Phi) is 6.39. The molecule has 1 N–H and O–H groups in total. The smallest absolute Gasteiger partial charge is 0.227 e. The van der Waals surface area contributed by atoms with Gasteiger partial charge in [0.25, 0.3) is 0 Å². The van der Waals surface area contributed by atoms with Gasteiger partial charge >= 0.3 is 0 Å². The highest BCUT2D eigenvalue weighted by atomic mass is 16.5. The van der Waals surface area contributed by atoms with Crippen molar-refractivity contribution in [3.05, 3.63) is 121 Å². The maximum absolute atomic E-state index is 5.98. The van der Waals surface area contributed by atoms with Crippen molar-refractivity contribution in [2.24, 2.45) is 0 Å². The Labute approximate surface area is 220 Å². The molecule has 6 rings (SSSR count). The molecule has 0 bridgehead atoms. The fraction of sp³-hybridized carbons (Fsp3) is 0.0645. The molecule has 0 radical (unpaired) electrons. The van der Waals surface area contributed by atoms with Crippen LogP contribution in [0, 0.1) is 0 Å². The van der Waals surface area contributed by atoms with E-state index in [4.69, 9.17) is 19.4 Å². The van der Waals surface area contributed by atoms with Crippen molar-refractivity contribution < 1.29 is 9.47 Å². The van der Waals surface area contributed by atoms with Crippen molar-refractivity contribution >= 4 is 17.3 Å². The molecule has 186 valence electrons. The molecule has 0 saturated heterocycles. The van der Waals surface area contributed by atoms with E-state index in [1.54, 1.807) is 13.3 Å². The van der Waals surface area contributed by atoms with Crippen molar-refractivity contribution in [2.45, 2.75) is 6.61 Å². The molecule has 0 amide bonds. The minimum Gasteiger partial charge on any atom is -0.495 e. The summed E-state index contributed by atoms with van der Waals surface area (Å²) in [4.78, 5) is 14.2. The lowest BCUT2D eigenvalue weighted by molar-refractivity contribution is 0.306. The minimum absolute atomic E-state index is 0.466. The van der Waals surface area contributed by atoms with E-state index in [1.807, 2.05) is 102 Å². The van der Waals surface area contributed by atoms with E-state index in [2.05, 4.69) is 22.4 Å². The van der Waals surface area contributed by atoms with Gasteiger partial charge in [0.15, 0.2) is 0 Å². The number of para-hydroxylation sites is 2. The second-order valence-electron chi connectivity index (χ2n) is 8.63. The summed E-state index contributed by atoms with van der Waals surface area (Å²) in [6.45, 7) is 0.517. The van der Waals surface area contributed by atoms with E-state index in [9.17, 15) is 0 Å². The summed E-state index contributed by atoms with van der Waals surface area (Å²) in [5.74, 6) is 1.98. The highest BCUT2D eigenvalue weighted by Crippen LogP contribution is 2.33. The van der Waals surface area contributed by atoms with Gasteiger partial charge in [-0.15, -0.1) is 0 Å². The molecule has 7 nitrogen and oxygen atoms in total. The van der Waals surface area contributed by atoms with Gasteiger partial charge in [-0.2, -0.15) is 0 Å². The van der Waals surface area contributed by atoms with Crippen molar-refractivity contribution in [2.75, 3.05) is 12.4 Å². The zero-order valence-corrected chi connectivity index (χ0v) is 20.8. The van der Waals surface area contributed by atoms with Crippen LogP contribution in [0.2, 0.25) is 0 Å². The van der Waals surface area contributed by atoms with Gasteiger partial charge in [-0.1, -0.05) is 48.5 Å². The fourth-order valence-corrected chi connectivity index (χ4v) is 4.31. The second kappa shape index (κ2) is 10.4. The van der Waals surface area contributed by atoms with Crippen LogP contribution in [-0.2, 0) is 6.61 Å². The molecule has 0 fully saturated rings. The predicted molar refractivity (Wildman–Crippen MR) is 149 cm³/mol. The third-order valence-electron chi connectivity index (χ3n) is 6.16. The summed E-state index contributed by atoms with van der Waals surface area (Å²) in [5, 5.41) is 3.27. The van der Waals surface area contributed by atoms with Crippen molar-refractivity contribution in [3.8, 4) is 34.1 Å². The standard InChI is InChI=1S/C31H25N5O2/c1-37-27-12-6-5-11-25(27)33-31-32-19-18-26(34-31)30-29(35-28-13-7-8-20-36(28)30)23-14-16-24(17-15-23)38-21-22-9-3-2-4-10-22/h2-20H,21H2,1H3,(H,32,33,34). The normalized spacial score (nSPS) is 10.9. The first-order chi connectivity index (χ1) is 18.8. The molecule has 0 atom stereocenters. The van der Waals surface area contributed by atoms with Gasteiger partial charge in [-0.25, -0.2) is 15.0 Å². The number of pyridine rings is 1. The van der Waals surface area contributed by atoms with E-state index < -0.39 is 0 Å². The van der Waals surface area contributed by atoms with E-state index in [-0.39, 0.29) is 0 Å². The van der Waals surface area contributed by atoms with Crippen LogP contribution in [0.25, 0.3) is 28.3 Å². The zero-order valence-electron chi connectivity index (χ0n) is 20.8. The monoisotopic (exact) mass is 499 g/mol. The number of nitrogens with one attached hydrogen (secondary N) is 1. The van der Waals surface area contributed by atoms with E-state index >= 15 is 0 Å². The Balaban J connectivity index is 1.34. The number of benzene rings is 3. The first-order valence-electron chi connectivity index (χ1n) is 12.3. The Hall–Kier alpha value is -5.17. The molecule has 0 spiro atoms. The Morgan fingerprint density at radius 1 is 0.789 bits per heavy atom. The molecule has 0 unspecified atom stereocenters. The van der Waals surface area contributed by atoms with Gasteiger partial charge < -0.3 is 14.8 Å². The lowest BCUT2D eigenvalue weighted by Gasteiger charge is -2.11. The molecule has 7 heteroatoms. The van der Waals surface area contributed by atoms with E-state index in [0.717, 1.165) is 45.3 Å². The van der Waals surface area contributed by atoms with Gasteiger partial charge in [-0.3, -0.25) is 4.40 Å². The number of methoxy groups -OCH3 is 1. The minimum atomic E-state index is 0.466. The number of imidazole rings is 1. The predicted octanol–water partition coefficient (Wildman–Crippen LogP) is 6.79. The Morgan fingerprint density at radius 3 is 2.42 bits per heavy atom. The van der Waals surface area contributed by atoms with Crippen LogP contribution >= 0.6 is 0 Å². The zero-order chi connectivity index (χ0) is 25.7. The molecule has 0 aliphatic heterocycles. The van der Waals surface area contributed by atoms with Crippen LogP contribution in [0.5, 0.6) is 11.5 Å². The average Bonchev–Trinajstić information content (AvgIpc) is 3.37. The number of fused-ring (bicyclic) bond motifs is 1. The van der Waals surface area contributed by atoms with Crippen molar-refractivity contribution in [3.63, 3.8) is 0 Å². The number of hydrogen-bond donors (Lipinski definition) is 1. The molecule has 3 aromatic carbocycles. The molecule has 3 heterocycles. The highest BCUT2D eigenvalue weighted by Gasteiger charge is 2.18. The van der Waals surface area contributed by atoms with E-state index in [0.29, 0.717) is 18.3 Å². The largest absolute Gasteiger partial charge is 0.495 e. The van der Waals surface area contributed by atoms with Gasteiger partial charge in [0.1, 0.15) is 23.8 Å². The maximum atomic E-state index is 5.98. The molecule has 0 aliphatic carbocycles. The SMILES string of the molecule is COc1ccccc1Nc1nccc(-c2c(-c3ccc(OCc4ccccc4)cc3)nc3ccccn23)n1. The van der Waals surface area contributed by atoms with Crippen LogP contribution in [-0.4, -0.2) is 26.5 Å². The summed E-state index contributed by atoms with van der Waals surface area (Å²) < 4.78 is 13.5. The van der Waals surface area contributed by atoms with Crippen LogP contribution in [0.1, 0.15) is 5.56 Å². The first kappa shape index (κ1) is 23.2. The Bertz CT molecular complexity index is 1680. The van der Waals surface area contributed by atoms with Crippen LogP contribution < -0.4 is 14.8 Å². The molecule has 0 saturated carbocycles. The Morgan fingerprint density at radius 2 is 1.58 bits per heavy atom. The first-order valence-corrected chi connectivity index (χ1v) is 12.3. The second-order valence-corrected chi connectivity index (χ2v) is 8.63. The highest BCUT2D eigenvalue weighted by molar-refractivity contribution is 5.81. The summed E-state index contributed by atoms with van der Waals surface area (Å²) in [6, 6.07) is 33.6. The quantitative estimate of drug-likeness (QED) is 0.249. The number of ether oxygens (including phenoxy) is 2. The number of nitrogens with zero attached hydrogens (tertiary/aromatic N) is 4. The summed E-state index contributed by atoms with van der Waals surface area (Å²) >= 11 is 0. The average molecular weight is 500 g/mol. The van der Waals surface area contributed by atoms with Crippen LogP contribution in [0.4, 0.5) is 11.6 Å². The van der Waals surface area contributed by atoms with Crippen LogP contribution in [0.3, 0.4) is 0 Å². The number of aromatic nitrogens is 4. The third kappa shape index (κ3) is 4.77. The van der Waals surface area contributed by atoms with Crippen LogP contribution in [0.15, 0.2) is 116 Å². The number of hydrogen-bond acceptors (Lipinski definition) is 6. The van der Waals surface area contributed by atoms with Crippen molar-refractivity contribution in [1.82, 2.24) is 19.4 Å². The summed E-state index contributed by atoms with van der Waals surface area (Å²) in [5.41, 5.74) is 6.16. The topological polar surface area (TPSA) is 73.6 Å². The summed E-state index contributed by atoms with van der Waals surface area (Å²) in [6.07, 6.45) is 3.74. The van der Waals surface area contributed by atoms with E-state index in [1.165, 1.54) is 0 Å². The molecule has 6 aromatic rings. The number of rotatable bonds is 8. The molecule has 38 heavy (non-hydrogen) atoms. The van der Waals surface area contributed by atoms with Gasteiger partial charge in [0, 0.05) is 18.0 Å².